The second-order valence-electron chi connectivity index (χ2n) is 4.84. The standard InChI is InChI=1S/C14H16BrClN2O/c1-8(2)18-13(12(16)7-17-18)14(19)10-5-4-9(3)6-11(10)15/h4-8,14,19H,1-3H3. The molecule has 1 N–H and O–H groups in total. The summed E-state index contributed by atoms with van der Waals surface area (Å²) in [5.74, 6) is 0. The van der Waals surface area contributed by atoms with Gasteiger partial charge in [0.2, 0.25) is 0 Å². The molecule has 1 atom stereocenters. The predicted octanol–water partition coefficient (Wildman–Crippen LogP) is 4.27. The van der Waals surface area contributed by atoms with E-state index in [2.05, 4.69) is 21.0 Å². The average molecular weight is 344 g/mol. The van der Waals surface area contributed by atoms with Gasteiger partial charge in [0.25, 0.3) is 0 Å². The van der Waals surface area contributed by atoms with E-state index in [9.17, 15) is 5.11 Å². The van der Waals surface area contributed by atoms with Gasteiger partial charge in [-0.15, -0.1) is 0 Å². The monoisotopic (exact) mass is 342 g/mol. The Labute approximate surface area is 126 Å². The third-order valence-corrected chi connectivity index (χ3v) is 3.96. The molecule has 0 radical (unpaired) electrons. The predicted molar refractivity (Wildman–Crippen MR) is 80.6 cm³/mol. The van der Waals surface area contributed by atoms with Crippen LogP contribution in [0.15, 0.2) is 28.9 Å². The molecule has 5 heteroatoms. The molecule has 0 fully saturated rings. The Morgan fingerprint density at radius 2 is 2.05 bits per heavy atom. The number of hydrogen-bond acceptors (Lipinski definition) is 2. The molecule has 1 aromatic heterocycles. The number of hydrogen-bond donors (Lipinski definition) is 1. The summed E-state index contributed by atoms with van der Waals surface area (Å²) in [5, 5.41) is 15.3. The fraction of sp³-hybridized carbons (Fsp3) is 0.357. The van der Waals surface area contributed by atoms with Crippen molar-refractivity contribution in [2.24, 2.45) is 0 Å². The molecular formula is C14H16BrClN2O. The van der Waals surface area contributed by atoms with Gasteiger partial charge in [0.1, 0.15) is 6.10 Å². The highest BCUT2D eigenvalue weighted by Crippen LogP contribution is 2.33. The van der Waals surface area contributed by atoms with E-state index in [4.69, 9.17) is 11.6 Å². The highest BCUT2D eigenvalue weighted by Gasteiger charge is 2.22. The number of benzene rings is 1. The molecule has 0 saturated heterocycles. The molecule has 0 aliphatic heterocycles. The molecule has 1 unspecified atom stereocenters. The summed E-state index contributed by atoms with van der Waals surface area (Å²) in [6, 6.07) is 5.98. The van der Waals surface area contributed by atoms with E-state index >= 15 is 0 Å². The summed E-state index contributed by atoms with van der Waals surface area (Å²) in [6.07, 6.45) is 0.773. The minimum Gasteiger partial charge on any atom is -0.382 e. The van der Waals surface area contributed by atoms with Crippen molar-refractivity contribution in [1.82, 2.24) is 9.78 Å². The van der Waals surface area contributed by atoms with Crippen LogP contribution in [0.3, 0.4) is 0 Å². The molecular weight excluding hydrogens is 328 g/mol. The third kappa shape index (κ3) is 2.86. The smallest absolute Gasteiger partial charge is 0.123 e. The van der Waals surface area contributed by atoms with Crippen LogP contribution in [0.25, 0.3) is 0 Å². The zero-order valence-corrected chi connectivity index (χ0v) is 13.4. The van der Waals surface area contributed by atoms with Crippen LogP contribution in [0.5, 0.6) is 0 Å². The maximum atomic E-state index is 10.6. The molecule has 1 aromatic carbocycles. The second kappa shape index (κ2) is 5.65. The van der Waals surface area contributed by atoms with E-state index in [-0.39, 0.29) is 6.04 Å². The Morgan fingerprint density at radius 1 is 1.37 bits per heavy atom. The van der Waals surface area contributed by atoms with E-state index in [0.29, 0.717) is 10.7 Å². The van der Waals surface area contributed by atoms with Crippen molar-refractivity contribution in [3.63, 3.8) is 0 Å². The fourth-order valence-corrected chi connectivity index (χ4v) is 2.96. The molecule has 2 rings (SSSR count). The van der Waals surface area contributed by atoms with Crippen LogP contribution in [0.2, 0.25) is 5.02 Å². The minimum atomic E-state index is -0.799. The Morgan fingerprint density at radius 3 is 2.63 bits per heavy atom. The molecule has 1 heterocycles. The summed E-state index contributed by atoms with van der Waals surface area (Å²) >= 11 is 9.65. The highest BCUT2D eigenvalue weighted by atomic mass is 79.9. The van der Waals surface area contributed by atoms with E-state index in [1.165, 1.54) is 0 Å². The molecule has 0 aliphatic rings. The lowest BCUT2D eigenvalue weighted by Gasteiger charge is -2.18. The molecule has 0 aliphatic carbocycles. The van der Waals surface area contributed by atoms with Crippen molar-refractivity contribution in [3.05, 3.63) is 50.7 Å². The van der Waals surface area contributed by atoms with E-state index in [1.54, 1.807) is 10.9 Å². The number of halogens is 2. The summed E-state index contributed by atoms with van der Waals surface area (Å²) in [7, 11) is 0. The van der Waals surface area contributed by atoms with Gasteiger partial charge in [-0.25, -0.2) is 0 Å². The van der Waals surface area contributed by atoms with Crippen LogP contribution < -0.4 is 0 Å². The molecule has 19 heavy (non-hydrogen) atoms. The van der Waals surface area contributed by atoms with Crippen LogP contribution in [0.4, 0.5) is 0 Å². The van der Waals surface area contributed by atoms with Gasteiger partial charge in [-0.1, -0.05) is 39.7 Å². The van der Waals surface area contributed by atoms with Gasteiger partial charge in [0.15, 0.2) is 0 Å². The zero-order valence-electron chi connectivity index (χ0n) is 11.1. The van der Waals surface area contributed by atoms with Gasteiger partial charge in [-0.3, -0.25) is 4.68 Å². The van der Waals surface area contributed by atoms with Crippen molar-refractivity contribution in [1.29, 1.82) is 0 Å². The Hall–Kier alpha value is -0.840. The number of aryl methyl sites for hydroxylation is 1. The Balaban J connectivity index is 2.49. The lowest BCUT2D eigenvalue weighted by molar-refractivity contribution is 0.204. The number of aromatic nitrogens is 2. The van der Waals surface area contributed by atoms with Crippen molar-refractivity contribution >= 4 is 27.5 Å². The van der Waals surface area contributed by atoms with Crippen LogP contribution in [-0.4, -0.2) is 14.9 Å². The molecule has 0 saturated carbocycles. The van der Waals surface area contributed by atoms with Gasteiger partial charge in [0.05, 0.1) is 16.9 Å². The first kappa shape index (κ1) is 14.6. The summed E-state index contributed by atoms with van der Waals surface area (Å²) < 4.78 is 2.62. The van der Waals surface area contributed by atoms with Crippen LogP contribution in [-0.2, 0) is 0 Å². The summed E-state index contributed by atoms with van der Waals surface area (Å²) in [4.78, 5) is 0. The fourth-order valence-electron chi connectivity index (χ4n) is 2.02. The minimum absolute atomic E-state index is 0.140. The van der Waals surface area contributed by atoms with Crippen LogP contribution in [0.1, 0.15) is 42.8 Å². The van der Waals surface area contributed by atoms with Gasteiger partial charge < -0.3 is 5.11 Å². The maximum absolute atomic E-state index is 10.6. The van der Waals surface area contributed by atoms with Crippen molar-refractivity contribution < 1.29 is 5.11 Å². The quantitative estimate of drug-likeness (QED) is 0.903. The van der Waals surface area contributed by atoms with Gasteiger partial charge in [-0.05, 0) is 32.4 Å². The van der Waals surface area contributed by atoms with E-state index in [0.717, 1.165) is 15.6 Å². The lowest BCUT2D eigenvalue weighted by Crippen LogP contribution is -2.13. The normalized spacial score (nSPS) is 13.0. The van der Waals surface area contributed by atoms with Gasteiger partial charge >= 0.3 is 0 Å². The Bertz CT molecular complexity index is 595. The topological polar surface area (TPSA) is 38.1 Å². The van der Waals surface area contributed by atoms with Gasteiger partial charge in [-0.2, -0.15) is 5.10 Å². The van der Waals surface area contributed by atoms with Crippen molar-refractivity contribution in [3.8, 4) is 0 Å². The maximum Gasteiger partial charge on any atom is 0.123 e. The summed E-state index contributed by atoms with van der Waals surface area (Å²) in [6.45, 7) is 6.01. The first-order valence-electron chi connectivity index (χ1n) is 6.08. The number of aliphatic hydroxyl groups is 1. The van der Waals surface area contributed by atoms with Crippen LogP contribution >= 0.6 is 27.5 Å². The number of nitrogens with zero attached hydrogens (tertiary/aromatic N) is 2. The Kier molecular flexibility index (Phi) is 4.33. The van der Waals surface area contributed by atoms with Gasteiger partial charge in [0, 0.05) is 16.1 Å². The largest absolute Gasteiger partial charge is 0.382 e. The van der Waals surface area contributed by atoms with Crippen molar-refractivity contribution in [2.75, 3.05) is 0 Å². The molecule has 3 nitrogen and oxygen atoms in total. The zero-order chi connectivity index (χ0) is 14.2. The molecule has 0 bridgehead atoms. The highest BCUT2D eigenvalue weighted by molar-refractivity contribution is 9.10. The lowest BCUT2D eigenvalue weighted by atomic mass is 10.0. The SMILES string of the molecule is Cc1ccc(C(O)c2c(Cl)cnn2C(C)C)c(Br)c1. The molecule has 0 spiro atoms. The summed E-state index contributed by atoms with van der Waals surface area (Å²) in [5.41, 5.74) is 2.54. The average Bonchev–Trinajstić information content (AvgIpc) is 2.70. The van der Waals surface area contributed by atoms with Crippen LogP contribution in [0, 0.1) is 6.92 Å². The molecule has 102 valence electrons. The third-order valence-electron chi connectivity index (χ3n) is 2.99. The first-order chi connectivity index (χ1) is 8.91. The molecule has 2 aromatic rings. The van der Waals surface area contributed by atoms with E-state index < -0.39 is 6.10 Å². The molecule has 0 amide bonds. The van der Waals surface area contributed by atoms with E-state index in [1.807, 2.05) is 39.0 Å². The second-order valence-corrected chi connectivity index (χ2v) is 6.11. The number of rotatable bonds is 3. The first-order valence-corrected chi connectivity index (χ1v) is 7.26. The van der Waals surface area contributed by atoms with Crippen molar-refractivity contribution in [2.45, 2.75) is 32.9 Å². The number of aliphatic hydroxyl groups excluding tert-OH is 1.